The van der Waals surface area contributed by atoms with E-state index in [1.165, 1.54) is 0 Å². The molecule has 2 aromatic carbocycles. The molecule has 2 aromatic rings. The Kier molecular flexibility index (Phi) is 5.37. The predicted octanol–water partition coefficient (Wildman–Crippen LogP) is 4.60. The van der Waals surface area contributed by atoms with Crippen molar-refractivity contribution in [1.29, 1.82) is 0 Å². The van der Waals surface area contributed by atoms with E-state index in [9.17, 15) is 4.39 Å². The van der Waals surface area contributed by atoms with Gasteiger partial charge < -0.3 is 10.1 Å². The minimum absolute atomic E-state index is 0.183. The second kappa shape index (κ2) is 7.05. The van der Waals surface area contributed by atoms with E-state index in [-0.39, 0.29) is 11.9 Å². The van der Waals surface area contributed by atoms with Crippen molar-refractivity contribution < 1.29 is 9.13 Å². The van der Waals surface area contributed by atoms with E-state index in [1.807, 2.05) is 44.2 Å². The van der Waals surface area contributed by atoms with Gasteiger partial charge in [0, 0.05) is 5.56 Å². The van der Waals surface area contributed by atoms with E-state index in [0.717, 1.165) is 27.9 Å². The summed E-state index contributed by atoms with van der Waals surface area (Å²) in [6.07, 6.45) is 0. The highest BCUT2D eigenvalue weighted by molar-refractivity contribution is 9.10. The summed E-state index contributed by atoms with van der Waals surface area (Å²) in [5.41, 5.74) is 2.56. The number of nitrogens with one attached hydrogen (secondary N) is 1. The molecule has 1 N–H and O–H groups in total. The predicted molar refractivity (Wildman–Crippen MR) is 87.4 cm³/mol. The van der Waals surface area contributed by atoms with Crippen LogP contribution in [-0.4, -0.2) is 13.7 Å². The Morgan fingerprint density at radius 2 is 2.00 bits per heavy atom. The largest absolute Gasteiger partial charge is 0.496 e. The lowest BCUT2D eigenvalue weighted by Crippen LogP contribution is -2.23. The van der Waals surface area contributed by atoms with Gasteiger partial charge in [0.1, 0.15) is 11.6 Å². The molecule has 0 aliphatic carbocycles. The Bertz CT molecular complexity index is 630. The van der Waals surface area contributed by atoms with Crippen molar-refractivity contribution in [2.75, 3.05) is 13.7 Å². The number of benzene rings is 2. The first-order valence-electron chi connectivity index (χ1n) is 6.89. The van der Waals surface area contributed by atoms with Crippen LogP contribution in [0.2, 0.25) is 0 Å². The van der Waals surface area contributed by atoms with Crippen molar-refractivity contribution in [1.82, 2.24) is 5.32 Å². The molecule has 1 atom stereocenters. The number of ether oxygens (including phenoxy) is 1. The molecule has 0 spiro atoms. The molecule has 0 radical (unpaired) electrons. The van der Waals surface area contributed by atoms with Crippen LogP contribution in [0.1, 0.15) is 29.7 Å². The molecule has 0 aliphatic heterocycles. The van der Waals surface area contributed by atoms with E-state index in [0.29, 0.717) is 5.56 Å². The number of rotatable bonds is 5. The molecule has 21 heavy (non-hydrogen) atoms. The van der Waals surface area contributed by atoms with Crippen LogP contribution in [0.25, 0.3) is 0 Å². The number of hydrogen-bond acceptors (Lipinski definition) is 2. The number of hydrogen-bond donors (Lipinski definition) is 1. The van der Waals surface area contributed by atoms with E-state index in [1.54, 1.807) is 13.2 Å². The molecule has 1 unspecified atom stereocenters. The fourth-order valence-corrected chi connectivity index (χ4v) is 2.90. The van der Waals surface area contributed by atoms with Crippen LogP contribution in [-0.2, 0) is 0 Å². The van der Waals surface area contributed by atoms with Crippen LogP contribution in [0.5, 0.6) is 5.75 Å². The summed E-state index contributed by atoms with van der Waals surface area (Å²) in [7, 11) is 1.63. The van der Waals surface area contributed by atoms with Crippen LogP contribution in [0.15, 0.2) is 40.9 Å². The minimum atomic E-state index is -0.187. The lowest BCUT2D eigenvalue weighted by Gasteiger charge is -2.20. The maximum Gasteiger partial charge on any atom is 0.133 e. The van der Waals surface area contributed by atoms with E-state index in [4.69, 9.17) is 4.74 Å². The third kappa shape index (κ3) is 3.63. The Labute approximate surface area is 133 Å². The quantitative estimate of drug-likeness (QED) is 0.849. The molecule has 0 amide bonds. The molecule has 0 bridgehead atoms. The molecule has 0 aromatic heterocycles. The van der Waals surface area contributed by atoms with Gasteiger partial charge in [-0.2, -0.15) is 0 Å². The van der Waals surface area contributed by atoms with Gasteiger partial charge in [-0.25, -0.2) is 4.39 Å². The van der Waals surface area contributed by atoms with Gasteiger partial charge in [0.05, 0.1) is 17.6 Å². The monoisotopic (exact) mass is 351 g/mol. The van der Waals surface area contributed by atoms with Gasteiger partial charge in [-0.15, -0.1) is 0 Å². The van der Waals surface area contributed by atoms with E-state index in [2.05, 4.69) is 21.2 Å². The molecular weight excluding hydrogens is 333 g/mol. The number of halogens is 2. The second-order valence-corrected chi connectivity index (χ2v) is 5.76. The Hall–Kier alpha value is -1.39. The van der Waals surface area contributed by atoms with Crippen LogP contribution in [0, 0.1) is 12.7 Å². The molecule has 112 valence electrons. The third-order valence-electron chi connectivity index (χ3n) is 3.38. The fraction of sp³-hybridized carbons (Fsp3) is 0.294. The summed E-state index contributed by atoms with van der Waals surface area (Å²) in [5.74, 6) is 0.575. The molecule has 0 saturated carbocycles. The Balaban J connectivity index is 2.45. The third-order valence-corrected chi connectivity index (χ3v) is 4.00. The number of methoxy groups -OCH3 is 1. The van der Waals surface area contributed by atoms with Crippen molar-refractivity contribution in [3.8, 4) is 5.75 Å². The molecule has 2 rings (SSSR count). The van der Waals surface area contributed by atoms with E-state index >= 15 is 0 Å². The average Bonchev–Trinajstić information content (AvgIpc) is 2.45. The zero-order valence-corrected chi connectivity index (χ0v) is 14.0. The first kappa shape index (κ1) is 16.0. The summed E-state index contributed by atoms with van der Waals surface area (Å²) in [5, 5.41) is 3.34. The van der Waals surface area contributed by atoms with Crippen molar-refractivity contribution in [2.24, 2.45) is 0 Å². The standard InChI is InChI=1S/C17H19BrFNO/c1-4-20-17(13-7-5-11(2)9-15(13)19)12-6-8-16(21-3)14(18)10-12/h5-10,17,20H,4H2,1-3H3. The maximum atomic E-state index is 14.3. The van der Waals surface area contributed by atoms with Crippen LogP contribution < -0.4 is 10.1 Å². The summed E-state index contributed by atoms with van der Waals surface area (Å²) in [6, 6.07) is 11.0. The summed E-state index contributed by atoms with van der Waals surface area (Å²) in [4.78, 5) is 0. The van der Waals surface area contributed by atoms with Crippen LogP contribution >= 0.6 is 15.9 Å². The molecule has 0 heterocycles. The molecule has 4 heteroatoms. The SMILES string of the molecule is CCNC(c1ccc(OC)c(Br)c1)c1ccc(C)cc1F. The first-order valence-corrected chi connectivity index (χ1v) is 7.69. The normalized spacial score (nSPS) is 12.2. The smallest absolute Gasteiger partial charge is 0.133 e. The average molecular weight is 352 g/mol. The highest BCUT2D eigenvalue weighted by Gasteiger charge is 2.18. The van der Waals surface area contributed by atoms with Gasteiger partial charge in [-0.05, 0) is 58.7 Å². The summed E-state index contributed by atoms with van der Waals surface area (Å²) in [6.45, 7) is 4.65. The summed E-state index contributed by atoms with van der Waals surface area (Å²) < 4.78 is 20.4. The highest BCUT2D eigenvalue weighted by atomic mass is 79.9. The van der Waals surface area contributed by atoms with Crippen molar-refractivity contribution in [3.63, 3.8) is 0 Å². The van der Waals surface area contributed by atoms with Gasteiger partial charge in [0.25, 0.3) is 0 Å². The van der Waals surface area contributed by atoms with Gasteiger partial charge in [0.15, 0.2) is 0 Å². The van der Waals surface area contributed by atoms with Gasteiger partial charge in [-0.1, -0.05) is 25.1 Å². The highest BCUT2D eigenvalue weighted by Crippen LogP contribution is 2.31. The van der Waals surface area contributed by atoms with E-state index < -0.39 is 0 Å². The molecular formula is C17H19BrFNO. The van der Waals surface area contributed by atoms with Gasteiger partial charge in [0.2, 0.25) is 0 Å². The first-order chi connectivity index (χ1) is 10.1. The zero-order valence-electron chi connectivity index (χ0n) is 12.4. The van der Waals surface area contributed by atoms with Crippen molar-refractivity contribution in [2.45, 2.75) is 19.9 Å². The van der Waals surface area contributed by atoms with Crippen molar-refractivity contribution in [3.05, 3.63) is 63.4 Å². The lowest BCUT2D eigenvalue weighted by molar-refractivity contribution is 0.411. The van der Waals surface area contributed by atoms with Crippen LogP contribution in [0.4, 0.5) is 4.39 Å². The fourth-order valence-electron chi connectivity index (χ4n) is 2.34. The minimum Gasteiger partial charge on any atom is -0.496 e. The lowest BCUT2D eigenvalue weighted by atomic mass is 9.97. The molecule has 0 saturated heterocycles. The Morgan fingerprint density at radius 3 is 2.57 bits per heavy atom. The Morgan fingerprint density at radius 1 is 1.24 bits per heavy atom. The van der Waals surface area contributed by atoms with Gasteiger partial charge in [-0.3, -0.25) is 0 Å². The summed E-state index contributed by atoms with van der Waals surface area (Å²) >= 11 is 3.48. The van der Waals surface area contributed by atoms with Crippen LogP contribution in [0.3, 0.4) is 0 Å². The second-order valence-electron chi connectivity index (χ2n) is 4.91. The zero-order chi connectivity index (χ0) is 15.4. The van der Waals surface area contributed by atoms with Crippen molar-refractivity contribution >= 4 is 15.9 Å². The maximum absolute atomic E-state index is 14.3. The molecule has 0 aliphatic rings. The molecule has 2 nitrogen and oxygen atoms in total. The number of aryl methyl sites for hydroxylation is 1. The van der Waals surface area contributed by atoms with Gasteiger partial charge >= 0.3 is 0 Å². The molecule has 0 fully saturated rings. The topological polar surface area (TPSA) is 21.3 Å².